The van der Waals surface area contributed by atoms with Crippen molar-refractivity contribution in [2.75, 3.05) is 10.6 Å². The summed E-state index contributed by atoms with van der Waals surface area (Å²) < 4.78 is 12.2. The molecule has 7 nitrogen and oxygen atoms in total. The van der Waals surface area contributed by atoms with Gasteiger partial charge >= 0.3 is 6.03 Å². The molecule has 0 spiro atoms. The van der Waals surface area contributed by atoms with E-state index in [-0.39, 0.29) is 11.5 Å². The van der Waals surface area contributed by atoms with Crippen LogP contribution < -0.4 is 20.1 Å². The van der Waals surface area contributed by atoms with Crippen LogP contribution in [0.5, 0.6) is 17.4 Å². The van der Waals surface area contributed by atoms with Gasteiger partial charge in [-0.25, -0.2) is 9.78 Å². The number of nitrogens with zero attached hydrogens (tertiary/aromatic N) is 2. The van der Waals surface area contributed by atoms with Crippen LogP contribution >= 0.6 is 0 Å². The number of hydrogen-bond donors (Lipinski definition) is 2. The van der Waals surface area contributed by atoms with Crippen molar-refractivity contribution in [1.82, 2.24) is 9.97 Å². The van der Waals surface area contributed by atoms with E-state index < -0.39 is 6.03 Å². The number of amides is 2. The van der Waals surface area contributed by atoms with Gasteiger partial charge in [-0.05, 0) is 60.4 Å². The average Bonchev–Trinajstić information content (AvgIpc) is 2.85. The van der Waals surface area contributed by atoms with Gasteiger partial charge in [-0.1, -0.05) is 45.0 Å². The van der Waals surface area contributed by atoms with Gasteiger partial charge in [-0.15, -0.1) is 0 Å². The average molecular weight is 483 g/mol. The maximum absolute atomic E-state index is 12.8. The summed E-state index contributed by atoms with van der Waals surface area (Å²) in [7, 11) is 0. The van der Waals surface area contributed by atoms with Crippen LogP contribution in [0.25, 0.3) is 0 Å². The number of hydrogen-bond acceptors (Lipinski definition) is 5. The quantitative estimate of drug-likeness (QED) is 0.288. The lowest BCUT2D eigenvalue weighted by Crippen LogP contribution is -2.20. The third kappa shape index (κ3) is 6.39. The lowest BCUT2D eigenvalue weighted by molar-refractivity contribution is 0.227. The Kier molecular flexibility index (Phi) is 7.49. The normalized spacial score (nSPS) is 11.9. The molecule has 2 N–H and O–H groups in total. The highest BCUT2D eigenvalue weighted by Gasteiger charge is 2.20. The van der Waals surface area contributed by atoms with Crippen molar-refractivity contribution in [3.05, 3.63) is 103 Å². The molecule has 2 heterocycles. The minimum Gasteiger partial charge on any atom is -0.486 e. The van der Waals surface area contributed by atoms with Crippen molar-refractivity contribution in [2.45, 2.75) is 39.2 Å². The molecule has 0 fully saturated rings. The molecule has 7 heteroatoms. The third-order valence-electron chi connectivity index (χ3n) is 5.50. The molecule has 4 aromatic rings. The zero-order chi connectivity index (χ0) is 25.5. The van der Waals surface area contributed by atoms with Crippen LogP contribution in [-0.2, 0) is 5.41 Å². The smallest absolute Gasteiger partial charge is 0.323 e. The fraction of sp³-hybridized carbons (Fsp3) is 0.207. The number of ether oxygens (including phenoxy) is 2. The SMILES string of the molecule is CC(Oc1cccc(NC(=O)Nc2cccnc2Oc2ccccc2C(C)(C)C)c1)c1ccncc1. The van der Waals surface area contributed by atoms with Crippen LogP contribution in [0.1, 0.15) is 44.9 Å². The van der Waals surface area contributed by atoms with E-state index >= 15 is 0 Å². The first-order valence-corrected chi connectivity index (χ1v) is 11.8. The second-order valence-electron chi connectivity index (χ2n) is 9.35. The number of para-hydroxylation sites is 1. The van der Waals surface area contributed by atoms with Crippen molar-refractivity contribution in [2.24, 2.45) is 0 Å². The zero-order valence-corrected chi connectivity index (χ0v) is 20.9. The summed E-state index contributed by atoms with van der Waals surface area (Å²) in [6, 6.07) is 22.0. The maximum Gasteiger partial charge on any atom is 0.323 e. The number of rotatable bonds is 7. The van der Waals surface area contributed by atoms with Gasteiger partial charge in [-0.2, -0.15) is 0 Å². The maximum atomic E-state index is 12.8. The van der Waals surface area contributed by atoms with Crippen molar-refractivity contribution in [1.29, 1.82) is 0 Å². The van der Waals surface area contributed by atoms with Crippen molar-refractivity contribution >= 4 is 17.4 Å². The lowest BCUT2D eigenvalue weighted by atomic mass is 9.86. The second-order valence-corrected chi connectivity index (χ2v) is 9.35. The highest BCUT2D eigenvalue weighted by molar-refractivity contribution is 6.00. The molecule has 0 aliphatic carbocycles. The first-order valence-electron chi connectivity index (χ1n) is 11.8. The Morgan fingerprint density at radius 1 is 0.889 bits per heavy atom. The Bertz CT molecular complexity index is 1320. The highest BCUT2D eigenvalue weighted by atomic mass is 16.5. The number of anilines is 2. The van der Waals surface area contributed by atoms with E-state index in [1.54, 1.807) is 42.9 Å². The zero-order valence-electron chi connectivity index (χ0n) is 20.9. The molecule has 4 rings (SSSR count). The molecule has 0 saturated carbocycles. The number of urea groups is 1. The molecule has 1 atom stereocenters. The molecular formula is C29H30N4O3. The summed E-state index contributed by atoms with van der Waals surface area (Å²) in [5.74, 6) is 1.65. The number of nitrogens with one attached hydrogen (secondary N) is 2. The van der Waals surface area contributed by atoms with E-state index in [4.69, 9.17) is 9.47 Å². The van der Waals surface area contributed by atoms with Gasteiger partial charge in [-0.3, -0.25) is 4.98 Å². The molecule has 0 bridgehead atoms. The number of carbonyl (C=O) groups is 1. The topological polar surface area (TPSA) is 85.4 Å². The molecular weight excluding hydrogens is 452 g/mol. The van der Waals surface area contributed by atoms with Crippen molar-refractivity contribution in [3.63, 3.8) is 0 Å². The first kappa shape index (κ1) is 24.7. The van der Waals surface area contributed by atoms with E-state index in [0.29, 0.717) is 28.8 Å². The van der Waals surface area contributed by atoms with E-state index in [1.165, 1.54) is 0 Å². The first-order chi connectivity index (χ1) is 17.3. The minimum atomic E-state index is -0.420. The van der Waals surface area contributed by atoms with Gasteiger partial charge in [0.2, 0.25) is 5.88 Å². The Morgan fingerprint density at radius 3 is 2.44 bits per heavy atom. The predicted molar refractivity (Wildman–Crippen MR) is 142 cm³/mol. The standard InChI is InChI=1S/C29H30N4O3/c1-20(21-14-17-30-18-15-21)35-23-10-7-9-22(19-23)32-28(34)33-25-12-8-16-31-27(25)36-26-13-6-5-11-24(26)29(2,3)4/h5-20H,1-4H3,(H2,32,33,34). The van der Waals surface area contributed by atoms with Crippen LogP contribution in [0, 0.1) is 0 Å². The molecule has 0 aliphatic rings. The Labute approximate surface area is 211 Å². The number of aromatic nitrogens is 2. The van der Waals surface area contributed by atoms with Crippen molar-refractivity contribution in [3.8, 4) is 17.4 Å². The lowest BCUT2D eigenvalue weighted by Gasteiger charge is -2.22. The summed E-state index contributed by atoms with van der Waals surface area (Å²) in [6.07, 6.45) is 4.93. The summed E-state index contributed by atoms with van der Waals surface area (Å²) in [5.41, 5.74) is 2.99. The van der Waals surface area contributed by atoms with Gasteiger partial charge in [0.25, 0.3) is 0 Å². The van der Waals surface area contributed by atoms with Crippen LogP contribution in [0.3, 0.4) is 0 Å². The van der Waals surface area contributed by atoms with E-state index in [1.807, 2.05) is 55.5 Å². The molecule has 0 aliphatic heterocycles. The molecule has 36 heavy (non-hydrogen) atoms. The minimum absolute atomic E-state index is 0.113. The molecule has 0 radical (unpaired) electrons. The number of pyridine rings is 2. The fourth-order valence-corrected chi connectivity index (χ4v) is 3.69. The Balaban J connectivity index is 1.44. The second kappa shape index (κ2) is 10.9. The summed E-state index contributed by atoms with van der Waals surface area (Å²) >= 11 is 0. The molecule has 0 saturated heterocycles. The Hall–Kier alpha value is -4.39. The van der Waals surface area contributed by atoms with Gasteiger partial charge in [0.15, 0.2) is 0 Å². The summed E-state index contributed by atoms with van der Waals surface area (Å²) in [5, 5.41) is 5.69. The Morgan fingerprint density at radius 2 is 1.67 bits per heavy atom. The summed E-state index contributed by atoms with van der Waals surface area (Å²) in [4.78, 5) is 21.2. The largest absolute Gasteiger partial charge is 0.486 e. The molecule has 2 aromatic carbocycles. The van der Waals surface area contributed by atoms with Crippen LogP contribution in [-0.4, -0.2) is 16.0 Å². The van der Waals surface area contributed by atoms with Gasteiger partial charge in [0.05, 0.1) is 0 Å². The van der Waals surface area contributed by atoms with E-state index in [0.717, 1.165) is 11.1 Å². The van der Waals surface area contributed by atoms with Crippen molar-refractivity contribution < 1.29 is 14.3 Å². The highest BCUT2D eigenvalue weighted by Crippen LogP contribution is 2.35. The predicted octanol–water partition coefficient (Wildman–Crippen LogP) is 7.35. The number of benzene rings is 2. The van der Waals surface area contributed by atoms with E-state index in [9.17, 15) is 4.79 Å². The van der Waals surface area contributed by atoms with Crippen LogP contribution in [0.4, 0.5) is 16.2 Å². The molecule has 2 amide bonds. The third-order valence-corrected chi connectivity index (χ3v) is 5.50. The number of carbonyl (C=O) groups excluding carboxylic acids is 1. The molecule has 184 valence electrons. The van der Waals surface area contributed by atoms with E-state index in [2.05, 4.69) is 41.4 Å². The van der Waals surface area contributed by atoms with Gasteiger partial charge < -0.3 is 20.1 Å². The van der Waals surface area contributed by atoms with Gasteiger partial charge in [0, 0.05) is 35.9 Å². The van der Waals surface area contributed by atoms with Crippen LogP contribution in [0.2, 0.25) is 0 Å². The monoisotopic (exact) mass is 482 g/mol. The molecule has 1 unspecified atom stereocenters. The summed E-state index contributed by atoms with van der Waals surface area (Å²) in [6.45, 7) is 8.32. The van der Waals surface area contributed by atoms with Gasteiger partial charge in [0.1, 0.15) is 23.3 Å². The fourth-order valence-electron chi connectivity index (χ4n) is 3.69. The van der Waals surface area contributed by atoms with Crippen LogP contribution in [0.15, 0.2) is 91.4 Å². The molecule has 2 aromatic heterocycles.